The van der Waals surface area contributed by atoms with Gasteiger partial charge in [0.25, 0.3) is 0 Å². The van der Waals surface area contributed by atoms with Crippen LogP contribution in [-0.4, -0.2) is 34.6 Å². The molecule has 9 heteroatoms. The van der Waals surface area contributed by atoms with E-state index in [4.69, 9.17) is 21.1 Å². The first-order valence-electron chi connectivity index (χ1n) is 10.1. The zero-order chi connectivity index (χ0) is 23.8. The molecule has 1 atom stereocenters. The molecule has 1 unspecified atom stereocenters. The molecule has 0 radical (unpaired) electrons. The van der Waals surface area contributed by atoms with Gasteiger partial charge < -0.3 is 14.8 Å². The minimum atomic E-state index is -4.12. The van der Waals surface area contributed by atoms with Gasteiger partial charge in [-0.25, -0.2) is 8.42 Å². The van der Waals surface area contributed by atoms with Crippen LogP contribution in [0, 0.1) is 0 Å². The van der Waals surface area contributed by atoms with Crippen LogP contribution in [0.3, 0.4) is 0 Å². The molecule has 1 amide bonds. The second-order valence-corrected chi connectivity index (χ2v) is 9.34. The van der Waals surface area contributed by atoms with Gasteiger partial charge in [0.2, 0.25) is 15.9 Å². The number of nitrogens with one attached hydrogen (secondary N) is 2. The number of halogens is 1. The zero-order valence-corrected chi connectivity index (χ0v) is 19.8. The predicted molar refractivity (Wildman–Crippen MR) is 127 cm³/mol. The fourth-order valence-electron chi connectivity index (χ4n) is 3.20. The topological polar surface area (TPSA) is 93.7 Å². The number of hydrogen-bond acceptors (Lipinski definition) is 5. The van der Waals surface area contributed by atoms with E-state index < -0.39 is 22.0 Å². The molecule has 3 aromatic carbocycles. The lowest BCUT2D eigenvalue weighted by atomic mass is 10.1. The maximum Gasteiger partial charge on any atom is 0.245 e. The molecule has 0 fully saturated rings. The van der Waals surface area contributed by atoms with Gasteiger partial charge in [-0.2, -0.15) is 4.72 Å². The van der Waals surface area contributed by atoms with E-state index in [2.05, 4.69) is 10.0 Å². The number of amides is 1. The van der Waals surface area contributed by atoms with E-state index in [0.717, 1.165) is 11.1 Å². The molecule has 0 bridgehead atoms. The van der Waals surface area contributed by atoms with Crippen LogP contribution >= 0.6 is 11.6 Å². The molecular formula is C24H25ClN2O5S. The number of sulfonamides is 1. The van der Waals surface area contributed by atoms with Crippen LogP contribution in [0.1, 0.15) is 11.1 Å². The highest BCUT2D eigenvalue weighted by molar-refractivity contribution is 7.89. The van der Waals surface area contributed by atoms with E-state index >= 15 is 0 Å². The predicted octanol–water partition coefficient (Wildman–Crippen LogP) is 3.56. The highest BCUT2D eigenvalue weighted by Crippen LogP contribution is 2.27. The average Bonchev–Trinajstić information content (AvgIpc) is 2.83. The van der Waals surface area contributed by atoms with Gasteiger partial charge in [-0.3, -0.25) is 4.79 Å². The lowest BCUT2D eigenvalue weighted by Crippen LogP contribution is -2.47. The molecule has 2 N–H and O–H groups in total. The Hall–Kier alpha value is -3.07. The van der Waals surface area contributed by atoms with Crippen molar-refractivity contribution in [3.05, 3.63) is 88.9 Å². The van der Waals surface area contributed by atoms with Gasteiger partial charge >= 0.3 is 0 Å². The molecule has 0 aliphatic carbocycles. The summed E-state index contributed by atoms with van der Waals surface area (Å²) in [6.45, 7) is 0.232. The monoisotopic (exact) mass is 488 g/mol. The summed E-state index contributed by atoms with van der Waals surface area (Å²) in [6, 6.07) is 19.6. The van der Waals surface area contributed by atoms with E-state index in [-0.39, 0.29) is 28.6 Å². The second-order valence-electron chi connectivity index (χ2n) is 7.22. The van der Waals surface area contributed by atoms with E-state index in [1.165, 1.54) is 25.3 Å². The van der Waals surface area contributed by atoms with Gasteiger partial charge in [0.15, 0.2) is 0 Å². The van der Waals surface area contributed by atoms with Gasteiger partial charge in [0.1, 0.15) is 22.4 Å². The number of methoxy groups -OCH3 is 2. The van der Waals surface area contributed by atoms with Gasteiger partial charge in [-0.15, -0.1) is 0 Å². The molecule has 0 aliphatic rings. The summed E-state index contributed by atoms with van der Waals surface area (Å²) in [5, 5.41) is 3.04. The highest BCUT2D eigenvalue weighted by Gasteiger charge is 2.28. The lowest BCUT2D eigenvalue weighted by Gasteiger charge is -2.20. The fraction of sp³-hybridized carbons (Fsp3) is 0.208. The molecule has 174 valence electrons. The largest absolute Gasteiger partial charge is 0.497 e. The summed E-state index contributed by atoms with van der Waals surface area (Å²) in [7, 11) is -1.18. The molecule has 0 heterocycles. The third kappa shape index (κ3) is 6.71. The van der Waals surface area contributed by atoms with Crippen molar-refractivity contribution in [1.82, 2.24) is 10.0 Å². The SMILES string of the molecule is COc1ccc(CNC(=O)C(Cc2ccccc2)NS(=O)(=O)c2cc(Cl)ccc2OC)cc1. The normalized spacial score (nSPS) is 12.1. The molecule has 3 rings (SSSR count). The Morgan fingerprint density at radius 2 is 1.64 bits per heavy atom. The van der Waals surface area contributed by atoms with Crippen LogP contribution < -0.4 is 19.5 Å². The quantitative estimate of drug-likeness (QED) is 0.455. The standard InChI is InChI=1S/C24H25ClN2O5S/c1-31-20-11-8-18(9-12-20)16-26-24(28)21(14-17-6-4-3-5-7-17)27-33(29,30)23-15-19(25)10-13-22(23)32-2/h3-13,15,21,27H,14,16H2,1-2H3,(H,26,28). The molecule has 0 spiro atoms. The molecule has 33 heavy (non-hydrogen) atoms. The zero-order valence-electron chi connectivity index (χ0n) is 18.2. The summed E-state index contributed by atoms with van der Waals surface area (Å²) in [6.07, 6.45) is 0.164. The highest BCUT2D eigenvalue weighted by atomic mass is 35.5. The Bertz CT molecular complexity index is 1190. The van der Waals surface area contributed by atoms with Crippen LogP contribution in [0.15, 0.2) is 77.7 Å². The molecule has 3 aromatic rings. The summed E-state index contributed by atoms with van der Waals surface area (Å²) >= 11 is 6.01. The minimum absolute atomic E-state index is 0.129. The van der Waals surface area contributed by atoms with Crippen molar-refractivity contribution >= 4 is 27.5 Å². The molecular weight excluding hydrogens is 464 g/mol. The smallest absolute Gasteiger partial charge is 0.245 e. The summed E-state index contributed by atoms with van der Waals surface area (Å²) < 4.78 is 39.2. The number of rotatable bonds is 10. The van der Waals surface area contributed by atoms with Crippen LogP contribution in [0.2, 0.25) is 5.02 Å². The van der Waals surface area contributed by atoms with Crippen LogP contribution in [0.5, 0.6) is 11.5 Å². The maximum absolute atomic E-state index is 13.2. The molecule has 0 saturated heterocycles. The molecule has 7 nitrogen and oxygen atoms in total. The Labute approximate surface area is 198 Å². The van der Waals surface area contributed by atoms with Gasteiger partial charge in [-0.05, 0) is 47.9 Å². The van der Waals surface area contributed by atoms with Crippen LogP contribution in [0.25, 0.3) is 0 Å². The maximum atomic E-state index is 13.2. The molecule has 0 aromatic heterocycles. The Kier molecular flexibility index (Phi) is 8.32. The number of hydrogen-bond donors (Lipinski definition) is 2. The minimum Gasteiger partial charge on any atom is -0.497 e. The summed E-state index contributed by atoms with van der Waals surface area (Å²) in [5.74, 6) is 0.374. The lowest BCUT2D eigenvalue weighted by molar-refractivity contribution is -0.122. The summed E-state index contributed by atoms with van der Waals surface area (Å²) in [5.41, 5.74) is 1.66. The van der Waals surface area contributed by atoms with Gasteiger partial charge in [-0.1, -0.05) is 54.1 Å². The fourth-order valence-corrected chi connectivity index (χ4v) is 4.83. The van der Waals surface area contributed by atoms with Crippen molar-refractivity contribution in [3.8, 4) is 11.5 Å². The number of ether oxygens (including phenoxy) is 2. The Morgan fingerprint density at radius 3 is 2.27 bits per heavy atom. The third-order valence-corrected chi connectivity index (χ3v) is 6.67. The van der Waals surface area contributed by atoms with Crippen molar-refractivity contribution in [2.75, 3.05) is 14.2 Å². The van der Waals surface area contributed by atoms with E-state index in [0.29, 0.717) is 5.75 Å². The van der Waals surface area contributed by atoms with Crippen molar-refractivity contribution in [3.63, 3.8) is 0 Å². The van der Waals surface area contributed by atoms with E-state index in [1.54, 1.807) is 19.2 Å². The van der Waals surface area contributed by atoms with Gasteiger partial charge in [0.05, 0.1) is 14.2 Å². The van der Waals surface area contributed by atoms with Crippen LogP contribution in [0.4, 0.5) is 0 Å². The van der Waals surface area contributed by atoms with Crippen molar-refractivity contribution in [2.24, 2.45) is 0 Å². The molecule has 0 aliphatic heterocycles. The number of carbonyl (C=O) groups excluding carboxylic acids is 1. The number of carbonyl (C=O) groups is 1. The Morgan fingerprint density at radius 1 is 0.939 bits per heavy atom. The van der Waals surface area contributed by atoms with Gasteiger partial charge in [0, 0.05) is 11.6 Å². The average molecular weight is 489 g/mol. The van der Waals surface area contributed by atoms with Crippen molar-refractivity contribution < 1.29 is 22.7 Å². The second kappa shape index (κ2) is 11.2. The van der Waals surface area contributed by atoms with E-state index in [1.807, 2.05) is 42.5 Å². The van der Waals surface area contributed by atoms with Crippen LogP contribution in [-0.2, 0) is 27.8 Å². The number of benzene rings is 3. The van der Waals surface area contributed by atoms with E-state index in [9.17, 15) is 13.2 Å². The Balaban J connectivity index is 1.82. The third-order valence-electron chi connectivity index (χ3n) is 4.94. The first-order valence-corrected chi connectivity index (χ1v) is 12.0. The first kappa shape index (κ1) is 24.6. The molecule has 0 saturated carbocycles. The first-order chi connectivity index (χ1) is 15.8. The summed E-state index contributed by atoms with van der Waals surface area (Å²) in [4.78, 5) is 12.9. The van der Waals surface area contributed by atoms with Crippen molar-refractivity contribution in [2.45, 2.75) is 23.9 Å². The van der Waals surface area contributed by atoms with Crippen molar-refractivity contribution in [1.29, 1.82) is 0 Å².